The third-order valence-corrected chi connectivity index (χ3v) is 3.66. The number of rotatable bonds is 2. The van der Waals surface area contributed by atoms with Crippen LogP contribution in [0.2, 0.25) is 0 Å². The molecule has 0 aromatic heterocycles. The second-order valence-corrected chi connectivity index (χ2v) is 5.21. The molecule has 1 fully saturated rings. The molecule has 106 valence electrons. The van der Waals surface area contributed by atoms with Gasteiger partial charge in [0.05, 0.1) is 12.1 Å². The van der Waals surface area contributed by atoms with Crippen molar-refractivity contribution in [2.45, 2.75) is 12.5 Å². The van der Waals surface area contributed by atoms with Crippen molar-refractivity contribution in [3.8, 4) is 11.8 Å². The van der Waals surface area contributed by atoms with Crippen LogP contribution in [-0.2, 0) is 0 Å². The zero-order valence-electron chi connectivity index (χ0n) is 12.1. The Labute approximate surface area is 120 Å². The number of hydrogen-bond acceptors (Lipinski definition) is 3. The highest BCUT2D eigenvalue weighted by Gasteiger charge is 2.28. The van der Waals surface area contributed by atoms with E-state index in [1.165, 1.54) is 0 Å². The summed E-state index contributed by atoms with van der Waals surface area (Å²) < 4.78 is 0. The largest absolute Gasteiger partial charge is 0.337 e. The van der Waals surface area contributed by atoms with Gasteiger partial charge in [-0.2, -0.15) is 0 Å². The number of nitrogens with two attached hydrogens (primary N) is 1. The van der Waals surface area contributed by atoms with Gasteiger partial charge in [-0.15, -0.1) is 0 Å². The van der Waals surface area contributed by atoms with Crippen molar-refractivity contribution in [2.24, 2.45) is 5.73 Å². The smallest absolute Gasteiger partial charge is 0.255 e. The molecule has 1 heterocycles. The van der Waals surface area contributed by atoms with Crippen LogP contribution in [0.15, 0.2) is 24.3 Å². The monoisotopic (exact) mass is 271 g/mol. The van der Waals surface area contributed by atoms with E-state index in [0.29, 0.717) is 18.2 Å². The van der Waals surface area contributed by atoms with Gasteiger partial charge in [-0.25, -0.2) is 0 Å². The van der Waals surface area contributed by atoms with Crippen LogP contribution in [0.25, 0.3) is 0 Å². The van der Waals surface area contributed by atoms with Crippen molar-refractivity contribution in [1.82, 2.24) is 9.80 Å². The minimum absolute atomic E-state index is 0.0660. The zero-order chi connectivity index (χ0) is 14.5. The van der Waals surface area contributed by atoms with Gasteiger partial charge >= 0.3 is 0 Å². The van der Waals surface area contributed by atoms with Crippen molar-refractivity contribution >= 4 is 5.91 Å². The first-order valence-corrected chi connectivity index (χ1v) is 6.87. The van der Waals surface area contributed by atoms with E-state index < -0.39 is 0 Å². The summed E-state index contributed by atoms with van der Waals surface area (Å²) in [5.74, 6) is 5.86. The fourth-order valence-corrected chi connectivity index (χ4v) is 2.44. The van der Waals surface area contributed by atoms with Gasteiger partial charge in [0, 0.05) is 24.7 Å². The lowest BCUT2D eigenvalue weighted by Gasteiger charge is -2.20. The lowest BCUT2D eigenvalue weighted by Crippen LogP contribution is -2.34. The van der Waals surface area contributed by atoms with Crippen molar-refractivity contribution in [3.05, 3.63) is 35.4 Å². The van der Waals surface area contributed by atoms with Crippen LogP contribution in [-0.4, -0.2) is 55.5 Å². The predicted octanol–water partition coefficient (Wildman–Crippen LogP) is 0.773. The minimum Gasteiger partial charge on any atom is -0.337 e. The maximum Gasteiger partial charge on any atom is 0.255 e. The van der Waals surface area contributed by atoms with Gasteiger partial charge in [0.2, 0.25) is 0 Å². The quantitative estimate of drug-likeness (QED) is 0.809. The van der Waals surface area contributed by atoms with Crippen molar-refractivity contribution < 1.29 is 4.79 Å². The molecule has 4 heteroatoms. The van der Waals surface area contributed by atoms with Gasteiger partial charge < -0.3 is 15.5 Å². The molecule has 0 bridgehead atoms. The van der Waals surface area contributed by atoms with Crippen LogP contribution < -0.4 is 5.73 Å². The van der Waals surface area contributed by atoms with Crippen LogP contribution in [0, 0.1) is 11.8 Å². The summed E-state index contributed by atoms with van der Waals surface area (Å²) in [5.41, 5.74) is 6.84. The van der Waals surface area contributed by atoms with E-state index in [2.05, 4.69) is 30.8 Å². The number of hydrogen-bond donors (Lipinski definition) is 1. The minimum atomic E-state index is 0.0660. The molecule has 1 aromatic carbocycles. The Hall–Kier alpha value is -1.83. The van der Waals surface area contributed by atoms with Gasteiger partial charge in [0.25, 0.3) is 5.91 Å². The Kier molecular flexibility index (Phi) is 4.78. The Morgan fingerprint density at radius 1 is 1.45 bits per heavy atom. The number of nitrogens with zero attached hydrogens (tertiary/aromatic N) is 2. The van der Waals surface area contributed by atoms with Gasteiger partial charge in [0.1, 0.15) is 0 Å². The molecule has 1 aromatic rings. The number of carbonyl (C=O) groups is 1. The molecule has 1 aliphatic rings. The van der Waals surface area contributed by atoms with E-state index in [1.807, 2.05) is 29.2 Å². The topological polar surface area (TPSA) is 49.6 Å². The normalized spacial score (nSPS) is 18.0. The highest BCUT2D eigenvalue weighted by molar-refractivity contribution is 5.97. The average molecular weight is 271 g/mol. The van der Waals surface area contributed by atoms with Crippen LogP contribution in [0.1, 0.15) is 22.3 Å². The fourth-order valence-electron chi connectivity index (χ4n) is 2.44. The molecule has 4 nitrogen and oxygen atoms in total. The third-order valence-electron chi connectivity index (χ3n) is 3.66. The molecule has 1 saturated heterocycles. The third kappa shape index (κ3) is 3.19. The molecule has 2 N–H and O–H groups in total. The van der Waals surface area contributed by atoms with E-state index in [9.17, 15) is 4.79 Å². The van der Waals surface area contributed by atoms with Crippen LogP contribution in [0.3, 0.4) is 0 Å². The molecule has 0 radical (unpaired) electrons. The molecular formula is C16H21N3O. The summed E-state index contributed by atoms with van der Waals surface area (Å²) in [6, 6.07) is 7.92. The standard InChI is InChI=1S/C16H21N3O/c1-18(2)14-9-11-19(12-14)16(20)15-8-4-3-6-13(15)7-5-10-17/h3-4,6,8,14H,9-12,17H2,1-2H3. The molecule has 1 aliphatic heterocycles. The Morgan fingerprint density at radius 2 is 2.20 bits per heavy atom. The maximum absolute atomic E-state index is 12.6. The Bertz CT molecular complexity index is 542. The van der Waals surface area contributed by atoms with E-state index in [0.717, 1.165) is 25.1 Å². The highest BCUT2D eigenvalue weighted by atomic mass is 16.2. The first kappa shape index (κ1) is 14.6. The van der Waals surface area contributed by atoms with E-state index >= 15 is 0 Å². The molecular weight excluding hydrogens is 250 g/mol. The maximum atomic E-state index is 12.6. The predicted molar refractivity (Wildman–Crippen MR) is 80.4 cm³/mol. The first-order valence-electron chi connectivity index (χ1n) is 6.87. The summed E-state index contributed by atoms with van der Waals surface area (Å²) in [6.45, 7) is 1.89. The summed E-state index contributed by atoms with van der Waals surface area (Å²) >= 11 is 0. The SMILES string of the molecule is CN(C)C1CCN(C(=O)c2ccccc2C#CCN)C1. The lowest BCUT2D eigenvalue weighted by atomic mass is 10.1. The van der Waals surface area contributed by atoms with Crippen LogP contribution in [0.5, 0.6) is 0 Å². The van der Waals surface area contributed by atoms with E-state index in [-0.39, 0.29) is 5.91 Å². The molecule has 1 amide bonds. The molecule has 0 spiro atoms. The first-order chi connectivity index (χ1) is 9.63. The molecule has 0 saturated carbocycles. The van der Waals surface area contributed by atoms with E-state index in [1.54, 1.807) is 0 Å². The molecule has 1 atom stereocenters. The Morgan fingerprint density at radius 3 is 2.85 bits per heavy atom. The summed E-state index contributed by atoms with van der Waals surface area (Å²) in [4.78, 5) is 16.7. The highest BCUT2D eigenvalue weighted by Crippen LogP contribution is 2.18. The number of likely N-dealkylation sites (tertiary alicyclic amines) is 1. The average Bonchev–Trinajstić information content (AvgIpc) is 2.94. The second-order valence-electron chi connectivity index (χ2n) is 5.21. The lowest BCUT2D eigenvalue weighted by molar-refractivity contribution is 0.0783. The van der Waals surface area contributed by atoms with Gasteiger partial charge in [-0.05, 0) is 32.6 Å². The van der Waals surface area contributed by atoms with Crippen molar-refractivity contribution in [2.75, 3.05) is 33.7 Å². The summed E-state index contributed by atoms with van der Waals surface area (Å²) in [5, 5.41) is 0. The Balaban J connectivity index is 2.18. The van der Waals surface area contributed by atoms with Gasteiger partial charge in [-0.1, -0.05) is 24.0 Å². The number of likely N-dealkylation sites (N-methyl/N-ethyl adjacent to an activating group) is 1. The number of benzene rings is 1. The van der Waals surface area contributed by atoms with Crippen molar-refractivity contribution in [3.63, 3.8) is 0 Å². The molecule has 2 rings (SSSR count). The number of carbonyl (C=O) groups excluding carboxylic acids is 1. The zero-order valence-corrected chi connectivity index (χ0v) is 12.1. The fraction of sp³-hybridized carbons (Fsp3) is 0.438. The van der Waals surface area contributed by atoms with Crippen molar-refractivity contribution in [1.29, 1.82) is 0 Å². The molecule has 20 heavy (non-hydrogen) atoms. The van der Waals surface area contributed by atoms with Crippen LogP contribution >= 0.6 is 0 Å². The molecule has 1 unspecified atom stereocenters. The molecule has 0 aliphatic carbocycles. The van der Waals surface area contributed by atoms with Gasteiger partial charge in [0.15, 0.2) is 0 Å². The second kappa shape index (κ2) is 6.56. The summed E-state index contributed by atoms with van der Waals surface area (Å²) in [6.07, 6.45) is 1.02. The number of amides is 1. The van der Waals surface area contributed by atoms with Crippen LogP contribution in [0.4, 0.5) is 0 Å². The summed E-state index contributed by atoms with van der Waals surface area (Å²) in [7, 11) is 4.11. The van der Waals surface area contributed by atoms with Gasteiger partial charge in [-0.3, -0.25) is 4.79 Å². The van der Waals surface area contributed by atoms with E-state index in [4.69, 9.17) is 5.73 Å².